The second-order valence-corrected chi connectivity index (χ2v) is 4.80. The second-order valence-electron chi connectivity index (χ2n) is 4.80. The van der Waals surface area contributed by atoms with E-state index < -0.39 is 0 Å². The largest absolute Gasteiger partial charge is 0.396 e. The molecule has 0 amide bonds. The normalized spacial score (nSPS) is 20.2. The zero-order valence-corrected chi connectivity index (χ0v) is 10.7. The van der Waals surface area contributed by atoms with Crippen molar-refractivity contribution in [3.8, 4) is 0 Å². The molecule has 1 atom stereocenters. The van der Waals surface area contributed by atoms with Crippen molar-refractivity contribution in [3.05, 3.63) is 5.69 Å². The summed E-state index contributed by atoms with van der Waals surface area (Å²) >= 11 is 0. The SMILES string of the molecule is Cc1nn(C)c(N2CCCC2CCCO)c1N. The van der Waals surface area contributed by atoms with Crippen LogP contribution >= 0.6 is 0 Å². The van der Waals surface area contributed by atoms with Gasteiger partial charge in [0, 0.05) is 26.2 Å². The van der Waals surface area contributed by atoms with Crippen molar-refractivity contribution in [2.24, 2.45) is 7.05 Å². The Balaban J connectivity index is 2.20. The molecule has 5 heteroatoms. The summed E-state index contributed by atoms with van der Waals surface area (Å²) < 4.78 is 1.88. The monoisotopic (exact) mass is 238 g/mol. The first-order valence-electron chi connectivity index (χ1n) is 6.31. The van der Waals surface area contributed by atoms with Gasteiger partial charge in [-0.15, -0.1) is 0 Å². The molecule has 0 aromatic carbocycles. The topological polar surface area (TPSA) is 67.3 Å². The van der Waals surface area contributed by atoms with Crippen LogP contribution in [0, 0.1) is 6.92 Å². The molecule has 0 spiro atoms. The van der Waals surface area contributed by atoms with Crippen LogP contribution in [-0.4, -0.2) is 34.1 Å². The first-order chi connectivity index (χ1) is 8.15. The van der Waals surface area contributed by atoms with Crippen molar-refractivity contribution >= 4 is 11.5 Å². The summed E-state index contributed by atoms with van der Waals surface area (Å²) in [6, 6.07) is 0.499. The summed E-state index contributed by atoms with van der Waals surface area (Å²) in [5.41, 5.74) is 7.79. The predicted molar refractivity (Wildman–Crippen MR) is 69.0 cm³/mol. The van der Waals surface area contributed by atoms with Gasteiger partial charge in [-0.25, -0.2) is 0 Å². The van der Waals surface area contributed by atoms with Gasteiger partial charge in [0.15, 0.2) is 5.82 Å². The van der Waals surface area contributed by atoms with Gasteiger partial charge >= 0.3 is 0 Å². The fourth-order valence-electron chi connectivity index (χ4n) is 2.74. The number of anilines is 2. The number of nitrogen functional groups attached to an aromatic ring is 1. The summed E-state index contributed by atoms with van der Waals surface area (Å²) in [5, 5.41) is 13.3. The van der Waals surface area contributed by atoms with Crippen LogP contribution in [0.2, 0.25) is 0 Å². The third kappa shape index (κ3) is 2.24. The molecule has 1 aliphatic rings. The maximum atomic E-state index is 8.94. The summed E-state index contributed by atoms with van der Waals surface area (Å²) in [6.07, 6.45) is 4.27. The molecule has 0 saturated carbocycles. The highest BCUT2D eigenvalue weighted by Crippen LogP contribution is 2.33. The van der Waals surface area contributed by atoms with E-state index in [0.29, 0.717) is 6.04 Å². The molecule has 17 heavy (non-hydrogen) atoms. The first-order valence-corrected chi connectivity index (χ1v) is 6.31. The van der Waals surface area contributed by atoms with E-state index in [9.17, 15) is 0 Å². The summed E-state index contributed by atoms with van der Waals surface area (Å²) in [4.78, 5) is 2.35. The molecular formula is C12H22N4O. The zero-order chi connectivity index (χ0) is 12.4. The van der Waals surface area contributed by atoms with Gasteiger partial charge in [-0.2, -0.15) is 5.10 Å². The third-order valence-electron chi connectivity index (χ3n) is 3.58. The fourth-order valence-corrected chi connectivity index (χ4v) is 2.74. The molecule has 96 valence electrons. The van der Waals surface area contributed by atoms with Crippen LogP contribution in [0.5, 0.6) is 0 Å². The van der Waals surface area contributed by atoms with Gasteiger partial charge in [-0.05, 0) is 32.6 Å². The van der Waals surface area contributed by atoms with E-state index >= 15 is 0 Å². The van der Waals surface area contributed by atoms with Gasteiger partial charge in [-0.3, -0.25) is 4.68 Å². The predicted octanol–water partition coefficient (Wildman–Crippen LogP) is 1.05. The molecule has 1 unspecified atom stereocenters. The number of aromatic nitrogens is 2. The van der Waals surface area contributed by atoms with E-state index in [0.717, 1.165) is 36.6 Å². The van der Waals surface area contributed by atoms with Crippen molar-refractivity contribution in [2.45, 2.75) is 38.6 Å². The van der Waals surface area contributed by atoms with Crippen LogP contribution in [0.25, 0.3) is 0 Å². The Morgan fingerprint density at radius 3 is 2.88 bits per heavy atom. The van der Waals surface area contributed by atoms with E-state index in [2.05, 4.69) is 10.00 Å². The number of aliphatic hydroxyl groups is 1. The quantitative estimate of drug-likeness (QED) is 0.823. The van der Waals surface area contributed by atoms with Crippen molar-refractivity contribution in [2.75, 3.05) is 23.8 Å². The van der Waals surface area contributed by atoms with E-state index in [1.165, 1.54) is 12.8 Å². The number of aliphatic hydroxyl groups excluding tert-OH is 1. The van der Waals surface area contributed by atoms with Gasteiger partial charge in [0.25, 0.3) is 0 Å². The van der Waals surface area contributed by atoms with Crippen LogP contribution in [0.3, 0.4) is 0 Å². The Morgan fingerprint density at radius 1 is 1.53 bits per heavy atom. The molecular weight excluding hydrogens is 216 g/mol. The smallest absolute Gasteiger partial charge is 0.150 e. The molecule has 5 nitrogen and oxygen atoms in total. The van der Waals surface area contributed by atoms with Crippen LogP contribution < -0.4 is 10.6 Å². The molecule has 1 aromatic heterocycles. The summed E-state index contributed by atoms with van der Waals surface area (Å²) in [5.74, 6) is 1.04. The lowest BCUT2D eigenvalue weighted by molar-refractivity contribution is 0.279. The van der Waals surface area contributed by atoms with Gasteiger partial charge in [0.1, 0.15) is 0 Å². The van der Waals surface area contributed by atoms with Crippen LogP contribution in [0.15, 0.2) is 0 Å². The van der Waals surface area contributed by atoms with Crippen LogP contribution in [0.4, 0.5) is 11.5 Å². The molecule has 0 radical (unpaired) electrons. The minimum absolute atomic E-state index is 0.268. The molecule has 1 fully saturated rings. The average Bonchev–Trinajstić information content (AvgIpc) is 2.82. The maximum Gasteiger partial charge on any atom is 0.150 e. The summed E-state index contributed by atoms with van der Waals surface area (Å²) in [6.45, 7) is 3.25. The van der Waals surface area contributed by atoms with Crippen molar-refractivity contribution in [3.63, 3.8) is 0 Å². The standard InChI is InChI=1S/C12H22N4O/c1-9-11(13)12(15(2)14-9)16-7-3-5-10(16)6-4-8-17/h10,17H,3-8,13H2,1-2H3. The van der Waals surface area contributed by atoms with Crippen LogP contribution in [-0.2, 0) is 7.05 Å². The highest BCUT2D eigenvalue weighted by atomic mass is 16.2. The fraction of sp³-hybridized carbons (Fsp3) is 0.750. The van der Waals surface area contributed by atoms with E-state index in [-0.39, 0.29) is 6.61 Å². The number of nitrogens with two attached hydrogens (primary N) is 1. The maximum absolute atomic E-state index is 8.94. The van der Waals surface area contributed by atoms with Crippen LogP contribution in [0.1, 0.15) is 31.4 Å². The highest BCUT2D eigenvalue weighted by molar-refractivity contribution is 5.66. The van der Waals surface area contributed by atoms with Crippen molar-refractivity contribution in [1.29, 1.82) is 0 Å². The number of hydrogen-bond acceptors (Lipinski definition) is 4. The second kappa shape index (κ2) is 4.96. The molecule has 0 aliphatic carbocycles. The zero-order valence-electron chi connectivity index (χ0n) is 10.7. The lowest BCUT2D eigenvalue weighted by atomic mass is 10.1. The Hall–Kier alpha value is -1.23. The molecule has 1 aliphatic heterocycles. The van der Waals surface area contributed by atoms with Gasteiger partial charge in [-0.1, -0.05) is 0 Å². The first kappa shape index (κ1) is 12.2. The molecule has 1 aromatic rings. The van der Waals surface area contributed by atoms with Gasteiger partial charge in [0.2, 0.25) is 0 Å². The number of hydrogen-bond donors (Lipinski definition) is 2. The number of rotatable bonds is 4. The third-order valence-corrected chi connectivity index (χ3v) is 3.58. The lowest BCUT2D eigenvalue weighted by Crippen LogP contribution is -2.31. The molecule has 1 saturated heterocycles. The Kier molecular flexibility index (Phi) is 3.57. The molecule has 2 heterocycles. The van der Waals surface area contributed by atoms with E-state index in [4.69, 9.17) is 10.8 Å². The van der Waals surface area contributed by atoms with Gasteiger partial charge in [0.05, 0.1) is 11.4 Å². The number of aryl methyl sites for hydroxylation is 2. The van der Waals surface area contributed by atoms with E-state index in [1.54, 1.807) is 0 Å². The van der Waals surface area contributed by atoms with Gasteiger partial charge < -0.3 is 15.7 Å². The Bertz CT molecular complexity index is 388. The lowest BCUT2D eigenvalue weighted by Gasteiger charge is -2.27. The number of nitrogens with zero attached hydrogens (tertiary/aromatic N) is 3. The average molecular weight is 238 g/mol. The highest BCUT2D eigenvalue weighted by Gasteiger charge is 2.28. The molecule has 3 N–H and O–H groups in total. The molecule has 0 bridgehead atoms. The Morgan fingerprint density at radius 2 is 2.29 bits per heavy atom. The minimum Gasteiger partial charge on any atom is -0.396 e. The van der Waals surface area contributed by atoms with Crippen molar-refractivity contribution < 1.29 is 5.11 Å². The Labute approximate surface area is 102 Å². The van der Waals surface area contributed by atoms with Crippen molar-refractivity contribution in [1.82, 2.24) is 9.78 Å². The summed E-state index contributed by atoms with van der Waals surface area (Å²) in [7, 11) is 1.94. The van der Waals surface area contributed by atoms with E-state index in [1.807, 2.05) is 18.7 Å². The minimum atomic E-state index is 0.268. The molecule has 2 rings (SSSR count).